The second-order valence-electron chi connectivity index (χ2n) is 3.91. The van der Waals surface area contributed by atoms with Crippen molar-refractivity contribution in [2.75, 3.05) is 0 Å². The van der Waals surface area contributed by atoms with Gasteiger partial charge in [-0.25, -0.2) is 4.39 Å². The quantitative estimate of drug-likeness (QED) is 0.630. The first-order valence-electron chi connectivity index (χ1n) is 5.39. The highest BCUT2D eigenvalue weighted by Gasteiger charge is 2.03. The monoisotopic (exact) mass is 245 g/mol. The highest BCUT2D eigenvalue weighted by atomic mass is 19.1. The van der Waals surface area contributed by atoms with Crippen LogP contribution in [0.3, 0.4) is 0 Å². The Morgan fingerprint density at radius 3 is 2.67 bits per heavy atom. The number of rotatable bonds is 2. The highest BCUT2D eigenvalue weighted by molar-refractivity contribution is 5.86. The van der Waals surface area contributed by atoms with E-state index in [0.717, 1.165) is 0 Å². The molecule has 0 amide bonds. The van der Waals surface area contributed by atoms with Gasteiger partial charge in [0.15, 0.2) is 11.5 Å². The first-order valence-corrected chi connectivity index (χ1v) is 5.39. The van der Waals surface area contributed by atoms with Crippen LogP contribution in [0.1, 0.15) is 11.1 Å². The molecule has 3 nitrogen and oxygen atoms in total. The predicted octanol–water partition coefficient (Wildman–Crippen LogP) is 3.30. The third-order valence-corrected chi connectivity index (χ3v) is 2.55. The van der Waals surface area contributed by atoms with Crippen molar-refractivity contribution in [3.05, 3.63) is 53.3 Å². The molecular weight excluding hydrogens is 233 g/mol. The van der Waals surface area contributed by atoms with Crippen LogP contribution >= 0.6 is 0 Å². The van der Waals surface area contributed by atoms with Gasteiger partial charge in [-0.15, -0.1) is 0 Å². The predicted molar refractivity (Wildman–Crippen MR) is 68.2 cm³/mol. The SMILES string of the molecule is Cc1ccc(N=Cc2cccc(O)c2O)cc1F. The maximum atomic E-state index is 13.3. The first-order chi connectivity index (χ1) is 8.58. The molecule has 4 heteroatoms. The van der Waals surface area contributed by atoms with Gasteiger partial charge >= 0.3 is 0 Å². The van der Waals surface area contributed by atoms with E-state index in [-0.39, 0.29) is 17.3 Å². The Balaban J connectivity index is 2.30. The van der Waals surface area contributed by atoms with Crippen LogP contribution in [0.15, 0.2) is 41.4 Å². The number of aryl methyl sites for hydroxylation is 1. The van der Waals surface area contributed by atoms with E-state index in [4.69, 9.17) is 0 Å². The summed E-state index contributed by atoms with van der Waals surface area (Å²) in [6, 6.07) is 9.18. The lowest BCUT2D eigenvalue weighted by molar-refractivity contribution is 0.403. The molecule has 0 aliphatic carbocycles. The molecule has 0 saturated carbocycles. The number of hydrogen-bond acceptors (Lipinski definition) is 3. The van der Waals surface area contributed by atoms with Crippen molar-refractivity contribution < 1.29 is 14.6 Å². The minimum Gasteiger partial charge on any atom is -0.504 e. The zero-order valence-electron chi connectivity index (χ0n) is 9.76. The molecule has 0 heterocycles. The molecular formula is C14H12FNO2. The molecule has 18 heavy (non-hydrogen) atoms. The lowest BCUT2D eigenvalue weighted by Gasteiger charge is -2.01. The Kier molecular flexibility index (Phi) is 3.28. The smallest absolute Gasteiger partial charge is 0.166 e. The summed E-state index contributed by atoms with van der Waals surface area (Å²) in [4.78, 5) is 4.04. The molecule has 2 N–H and O–H groups in total. The summed E-state index contributed by atoms with van der Waals surface area (Å²) < 4.78 is 13.3. The van der Waals surface area contributed by atoms with Crippen LogP contribution in [-0.2, 0) is 0 Å². The number of para-hydroxylation sites is 1. The van der Waals surface area contributed by atoms with Gasteiger partial charge in [0.25, 0.3) is 0 Å². The molecule has 0 aromatic heterocycles. The van der Waals surface area contributed by atoms with Crippen molar-refractivity contribution in [1.29, 1.82) is 0 Å². The van der Waals surface area contributed by atoms with Gasteiger partial charge in [-0.3, -0.25) is 4.99 Å². The maximum absolute atomic E-state index is 13.3. The lowest BCUT2D eigenvalue weighted by Crippen LogP contribution is -1.83. The molecule has 0 unspecified atom stereocenters. The van der Waals surface area contributed by atoms with E-state index in [1.54, 1.807) is 31.2 Å². The van der Waals surface area contributed by atoms with Crippen molar-refractivity contribution in [2.45, 2.75) is 6.92 Å². The number of hydrogen-bond donors (Lipinski definition) is 2. The molecule has 0 aliphatic rings. The van der Waals surface area contributed by atoms with E-state index in [0.29, 0.717) is 16.8 Å². The molecule has 2 rings (SSSR count). The van der Waals surface area contributed by atoms with Crippen molar-refractivity contribution in [3.63, 3.8) is 0 Å². The number of benzene rings is 2. The van der Waals surface area contributed by atoms with Gasteiger partial charge in [-0.05, 0) is 36.8 Å². The summed E-state index contributed by atoms with van der Waals surface area (Å²) in [7, 11) is 0. The zero-order chi connectivity index (χ0) is 13.1. The number of nitrogens with zero attached hydrogens (tertiary/aromatic N) is 1. The highest BCUT2D eigenvalue weighted by Crippen LogP contribution is 2.27. The van der Waals surface area contributed by atoms with Crippen molar-refractivity contribution >= 4 is 11.9 Å². The molecule has 2 aromatic carbocycles. The fraction of sp³-hybridized carbons (Fsp3) is 0.0714. The normalized spacial score (nSPS) is 11.0. The number of halogens is 1. The van der Waals surface area contributed by atoms with Gasteiger partial charge < -0.3 is 10.2 Å². The number of phenolic OH excluding ortho intramolecular Hbond substituents is 2. The number of aliphatic imine (C=N–C) groups is 1. The van der Waals surface area contributed by atoms with Crippen LogP contribution in [0.4, 0.5) is 10.1 Å². The van der Waals surface area contributed by atoms with Crippen molar-refractivity contribution in [1.82, 2.24) is 0 Å². The Morgan fingerprint density at radius 2 is 1.94 bits per heavy atom. The molecule has 0 spiro atoms. The maximum Gasteiger partial charge on any atom is 0.166 e. The second-order valence-corrected chi connectivity index (χ2v) is 3.91. The zero-order valence-corrected chi connectivity index (χ0v) is 9.76. The van der Waals surface area contributed by atoms with Gasteiger partial charge in [0, 0.05) is 11.8 Å². The minimum atomic E-state index is -0.329. The molecule has 0 atom stereocenters. The molecule has 0 aliphatic heterocycles. The van der Waals surface area contributed by atoms with E-state index in [2.05, 4.69) is 4.99 Å². The third kappa shape index (κ3) is 2.48. The van der Waals surface area contributed by atoms with E-state index in [1.807, 2.05) is 0 Å². The molecule has 0 saturated heterocycles. The summed E-state index contributed by atoms with van der Waals surface area (Å²) >= 11 is 0. The van der Waals surface area contributed by atoms with Crippen LogP contribution in [-0.4, -0.2) is 16.4 Å². The summed E-state index contributed by atoms with van der Waals surface area (Å²) in [5, 5.41) is 18.9. The first kappa shape index (κ1) is 12.1. The van der Waals surface area contributed by atoms with Gasteiger partial charge in [0.1, 0.15) is 5.82 Å². The van der Waals surface area contributed by atoms with Crippen molar-refractivity contribution in [3.8, 4) is 11.5 Å². The molecule has 0 bridgehead atoms. The largest absolute Gasteiger partial charge is 0.504 e. The van der Waals surface area contributed by atoms with Gasteiger partial charge in [0.05, 0.1) is 5.69 Å². The fourth-order valence-electron chi connectivity index (χ4n) is 1.46. The van der Waals surface area contributed by atoms with E-state index in [1.165, 1.54) is 18.3 Å². The van der Waals surface area contributed by atoms with Crippen LogP contribution in [0.25, 0.3) is 0 Å². The average Bonchev–Trinajstić information content (AvgIpc) is 2.35. The minimum absolute atomic E-state index is 0.214. The molecule has 0 radical (unpaired) electrons. The van der Waals surface area contributed by atoms with Crippen molar-refractivity contribution in [2.24, 2.45) is 4.99 Å². The molecule has 92 valence electrons. The number of aromatic hydroxyl groups is 2. The van der Waals surface area contributed by atoms with Crippen LogP contribution in [0.5, 0.6) is 11.5 Å². The lowest BCUT2D eigenvalue weighted by atomic mass is 10.2. The summed E-state index contributed by atoms with van der Waals surface area (Å²) in [6.07, 6.45) is 1.37. The van der Waals surface area contributed by atoms with Gasteiger partial charge in [-0.1, -0.05) is 12.1 Å². The average molecular weight is 245 g/mol. The Labute approximate surface area is 104 Å². The van der Waals surface area contributed by atoms with E-state index in [9.17, 15) is 14.6 Å². The van der Waals surface area contributed by atoms with Gasteiger partial charge in [0.2, 0.25) is 0 Å². The molecule has 2 aromatic rings. The topological polar surface area (TPSA) is 52.8 Å². The fourth-order valence-corrected chi connectivity index (χ4v) is 1.46. The Morgan fingerprint density at radius 1 is 1.17 bits per heavy atom. The Hall–Kier alpha value is -2.36. The standard InChI is InChI=1S/C14H12FNO2/c1-9-5-6-11(7-12(9)15)16-8-10-3-2-4-13(17)14(10)18/h2-8,17-18H,1H3. The summed E-state index contributed by atoms with van der Waals surface area (Å²) in [5.41, 5.74) is 1.37. The third-order valence-electron chi connectivity index (χ3n) is 2.55. The van der Waals surface area contributed by atoms with E-state index < -0.39 is 0 Å². The van der Waals surface area contributed by atoms with Crippen LogP contribution < -0.4 is 0 Å². The van der Waals surface area contributed by atoms with E-state index >= 15 is 0 Å². The van der Waals surface area contributed by atoms with Gasteiger partial charge in [-0.2, -0.15) is 0 Å². The number of phenols is 2. The summed E-state index contributed by atoms with van der Waals surface area (Å²) in [5.74, 6) is -0.785. The second kappa shape index (κ2) is 4.87. The van der Waals surface area contributed by atoms with Crippen LogP contribution in [0, 0.1) is 12.7 Å². The molecule has 0 fully saturated rings. The van der Waals surface area contributed by atoms with Crippen LogP contribution in [0.2, 0.25) is 0 Å². The Bertz CT molecular complexity index is 609. The summed E-state index contributed by atoms with van der Waals surface area (Å²) in [6.45, 7) is 1.67.